The Morgan fingerprint density at radius 2 is 1.83 bits per heavy atom. The third-order valence-electron chi connectivity index (χ3n) is 8.95. The standard InChI is InChI=1S/C27H32ClN3O4/c1-14-4-3-5-19(15(14)2)30-25(33)23-27-13-12-20(35-27)21(22(27)26(34)31(23)18-10-11-18)24(32)29-17-8-6-16(28)7-9-17/h6-9,12-15,18-23H,3-5,10-11H2,1-2H3,(H,29,32)(H,30,33)/t14-,15-,19+,20-,21-,22-,23+,27+/m1/s1. The maximum Gasteiger partial charge on any atom is 0.246 e. The number of carbonyl (C=O) groups excluding carboxylic acids is 3. The van der Waals surface area contributed by atoms with Crippen molar-refractivity contribution in [1.82, 2.24) is 10.2 Å². The van der Waals surface area contributed by atoms with Crippen molar-refractivity contribution >= 4 is 35.0 Å². The zero-order chi connectivity index (χ0) is 24.5. The van der Waals surface area contributed by atoms with Gasteiger partial charge in [-0.2, -0.15) is 0 Å². The molecule has 35 heavy (non-hydrogen) atoms. The molecule has 0 radical (unpaired) electrons. The summed E-state index contributed by atoms with van der Waals surface area (Å²) in [6, 6.07) is 6.26. The molecular formula is C27H32ClN3O4. The van der Waals surface area contributed by atoms with E-state index in [1.807, 2.05) is 12.2 Å². The predicted molar refractivity (Wildman–Crippen MR) is 132 cm³/mol. The van der Waals surface area contributed by atoms with E-state index >= 15 is 0 Å². The van der Waals surface area contributed by atoms with E-state index in [2.05, 4.69) is 24.5 Å². The van der Waals surface area contributed by atoms with Crippen molar-refractivity contribution in [1.29, 1.82) is 0 Å². The molecule has 3 amide bonds. The third-order valence-corrected chi connectivity index (χ3v) is 9.20. The maximum atomic E-state index is 13.8. The minimum atomic E-state index is -1.10. The van der Waals surface area contributed by atoms with Gasteiger partial charge in [0.15, 0.2) is 0 Å². The first kappa shape index (κ1) is 23.0. The van der Waals surface area contributed by atoms with Crippen molar-refractivity contribution in [3.8, 4) is 0 Å². The van der Waals surface area contributed by atoms with Crippen molar-refractivity contribution in [3.63, 3.8) is 0 Å². The monoisotopic (exact) mass is 497 g/mol. The number of hydrogen-bond acceptors (Lipinski definition) is 4. The highest BCUT2D eigenvalue weighted by Gasteiger charge is 2.74. The van der Waals surface area contributed by atoms with E-state index in [0.717, 1.165) is 25.7 Å². The molecule has 0 aromatic heterocycles. The first-order chi connectivity index (χ1) is 16.8. The second-order valence-electron chi connectivity index (χ2n) is 11.1. The van der Waals surface area contributed by atoms with Gasteiger partial charge in [0.1, 0.15) is 11.6 Å². The number of likely N-dealkylation sites (tertiary alicyclic amines) is 1. The number of nitrogens with one attached hydrogen (secondary N) is 2. The van der Waals surface area contributed by atoms with Gasteiger partial charge >= 0.3 is 0 Å². The van der Waals surface area contributed by atoms with Crippen LogP contribution in [0.1, 0.15) is 46.0 Å². The number of fused-ring (bicyclic) bond motifs is 1. The van der Waals surface area contributed by atoms with Crippen LogP contribution in [-0.2, 0) is 19.1 Å². The number of ether oxygens (including phenoxy) is 1. The molecule has 1 aromatic carbocycles. The van der Waals surface area contributed by atoms with Crippen LogP contribution in [-0.4, -0.2) is 52.5 Å². The van der Waals surface area contributed by atoms with Gasteiger partial charge in [0.05, 0.1) is 17.9 Å². The lowest BCUT2D eigenvalue weighted by atomic mass is 9.73. The number of benzene rings is 1. The van der Waals surface area contributed by atoms with Crippen LogP contribution in [0.25, 0.3) is 0 Å². The Morgan fingerprint density at radius 1 is 1.09 bits per heavy atom. The lowest BCUT2D eigenvalue weighted by Gasteiger charge is -2.38. The Hall–Kier alpha value is -2.38. The van der Waals surface area contributed by atoms with Crippen LogP contribution in [0.2, 0.25) is 5.02 Å². The van der Waals surface area contributed by atoms with Crippen LogP contribution in [0.3, 0.4) is 0 Å². The first-order valence-electron chi connectivity index (χ1n) is 12.9. The fourth-order valence-corrected chi connectivity index (χ4v) is 6.88. The Morgan fingerprint density at radius 3 is 2.54 bits per heavy atom. The Balaban J connectivity index is 1.28. The van der Waals surface area contributed by atoms with E-state index in [1.165, 1.54) is 6.42 Å². The lowest BCUT2D eigenvalue weighted by molar-refractivity contribution is -0.142. The molecule has 2 saturated carbocycles. The number of nitrogens with zero attached hydrogens (tertiary/aromatic N) is 1. The highest BCUT2D eigenvalue weighted by molar-refractivity contribution is 6.30. The zero-order valence-corrected chi connectivity index (χ0v) is 20.8. The number of halogens is 1. The van der Waals surface area contributed by atoms with E-state index in [-0.39, 0.29) is 29.8 Å². The van der Waals surface area contributed by atoms with Crippen molar-refractivity contribution in [3.05, 3.63) is 41.4 Å². The number of amides is 3. The molecule has 6 rings (SSSR count). The SMILES string of the molecule is C[C@@H]1[C@H](C)CCC[C@@H]1NC(=O)[C@@H]1N(C2CC2)C(=O)[C@H]2[C@H](C(=O)Nc3ccc(Cl)cc3)[C@H]3C=C[C@@]12O3. The molecule has 2 aliphatic carbocycles. The Labute approximate surface area is 210 Å². The quantitative estimate of drug-likeness (QED) is 0.609. The van der Waals surface area contributed by atoms with Gasteiger partial charge < -0.3 is 20.3 Å². The second kappa shape index (κ2) is 8.34. The smallest absolute Gasteiger partial charge is 0.246 e. The van der Waals surface area contributed by atoms with Crippen molar-refractivity contribution < 1.29 is 19.1 Å². The number of hydrogen-bond donors (Lipinski definition) is 2. The van der Waals surface area contributed by atoms with Crippen LogP contribution in [0.5, 0.6) is 0 Å². The second-order valence-corrected chi connectivity index (χ2v) is 11.5. The van der Waals surface area contributed by atoms with Crippen molar-refractivity contribution in [2.75, 3.05) is 5.32 Å². The van der Waals surface area contributed by atoms with Gasteiger partial charge in [0, 0.05) is 22.8 Å². The molecule has 0 unspecified atom stereocenters. The molecule has 2 saturated heterocycles. The van der Waals surface area contributed by atoms with Crippen LogP contribution < -0.4 is 10.6 Å². The Bertz CT molecular complexity index is 1090. The summed E-state index contributed by atoms with van der Waals surface area (Å²) in [5.74, 6) is -1.03. The molecule has 8 atom stereocenters. The minimum absolute atomic E-state index is 0.0388. The molecule has 3 heterocycles. The number of carbonyl (C=O) groups is 3. The van der Waals surface area contributed by atoms with Gasteiger partial charge in [-0.05, 0) is 55.4 Å². The average molecular weight is 498 g/mol. The van der Waals surface area contributed by atoms with Crippen molar-refractivity contribution in [2.24, 2.45) is 23.7 Å². The van der Waals surface area contributed by atoms with Crippen LogP contribution in [0.15, 0.2) is 36.4 Å². The molecule has 3 aliphatic heterocycles. The molecule has 1 aromatic rings. The van der Waals surface area contributed by atoms with Gasteiger partial charge in [-0.1, -0.05) is 50.4 Å². The summed E-state index contributed by atoms with van der Waals surface area (Å²) in [6.45, 7) is 4.44. The summed E-state index contributed by atoms with van der Waals surface area (Å²) in [4.78, 5) is 42.8. The van der Waals surface area contributed by atoms with E-state index in [0.29, 0.717) is 22.5 Å². The van der Waals surface area contributed by atoms with Crippen molar-refractivity contribution in [2.45, 2.75) is 75.8 Å². The highest BCUT2D eigenvalue weighted by Crippen LogP contribution is 2.57. The third kappa shape index (κ3) is 3.61. The molecule has 186 valence electrons. The fraction of sp³-hybridized carbons (Fsp3) is 0.593. The topological polar surface area (TPSA) is 87.7 Å². The predicted octanol–water partition coefficient (Wildman–Crippen LogP) is 3.53. The van der Waals surface area contributed by atoms with Crippen LogP contribution in [0, 0.1) is 23.7 Å². The van der Waals surface area contributed by atoms with Crippen LogP contribution >= 0.6 is 11.6 Å². The summed E-state index contributed by atoms with van der Waals surface area (Å²) in [7, 11) is 0. The molecule has 2 bridgehead atoms. The summed E-state index contributed by atoms with van der Waals surface area (Å²) < 4.78 is 6.41. The summed E-state index contributed by atoms with van der Waals surface area (Å²) in [5, 5.41) is 6.80. The van der Waals surface area contributed by atoms with Gasteiger partial charge in [-0.3, -0.25) is 14.4 Å². The van der Waals surface area contributed by atoms with Gasteiger partial charge in [-0.25, -0.2) is 0 Å². The molecule has 5 aliphatic rings. The summed E-state index contributed by atoms with van der Waals surface area (Å²) in [5.41, 5.74) is -0.487. The number of rotatable bonds is 5. The Kier molecular flexibility index (Phi) is 5.49. The molecule has 4 fully saturated rings. The fourth-order valence-electron chi connectivity index (χ4n) is 6.76. The first-order valence-corrected chi connectivity index (χ1v) is 13.2. The van der Waals surface area contributed by atoms with E-state index in [4.69, 9.17) is 16.3 Å². The van der Waals surface area contributed by atoms with E-state index in [1.54, 1.807) is 29.2 Å². The van der Waals surface area contributed by atoms with E-state index < -0.39 is 29.6 Å². The molecule has 2 N–H and O–H groups in total. The van der Waals surface area contributed by atoms with E-state index in [9.17, 15) is 14.4 Å². The maximum absolute atomic E-state index is 13.8. The molecular weight excluding hydrogens is 466 g/mol. The van der Waals surface area contributed by atoms with Gasteiger partial charge in [-0.15, -0.1) is 0 Å². The summed E-state index contributed by atoms with van der Waals surface area (Å²) in [6.07, 6.45) is 8.18. The average Bonchev–Trinajstić information content (AvgIpc) is 3.42. The van der Waals surface area contributed by atoms with Gasteiger partial charge in [0.25, 0.3) is 0 Å². The highest BCUT2D eigenvalue weighted by atomic mass is 35.5. The molecule has 1 spiro atoms. The van der Waals surface area contributed by atoms with Gasteiger partial charge in [0.2, 0.25) is 17.7 Å². The molecule has 7 nitrogen and oxygen atoms in total. The minimum Gasteiger partial charge on any atom is -0.359 e. The van der Waals surface area contributed by atoms with Crippen LogP contribution in [0.4, 0.5) is 5.69 Å². The summed E-state index contributed by atoms with van der Waals surface area (Å²) >= 11 is 5.97. The zero-order valence-electron chi connectivity index (χ0n) is 20.1. The lowest BCUT2D eigenvalue weighted by Crippen LogP contribution is -2.58. The largest absolute Gasteiger partial charge is 0.359 e. The number of anilines is 1. The molecule has 8 heteroatoms. The normalized spacial score (nSPS) is 39.6.